The maximum atomic E-state index is 12.8. The predicted molar refractivity (Wildman–Crippen MR) is 87.8 cm³/mol. The van der Waals surface area contributed by atoms with Crippen LogP contribution in [0.3, 0.4) is 0 Å². The Bertz CT molecular complexity index is 452. The van der Waals surface area contributed by atoms with Gasteiger partial charge in [0, 0.05) is 18.1 Å². The van der Waals surface area contributed by atoms with Gasteiger partial charge in [-0.25, -0.2) is 0 Å². The summed E-state index contributed by atoms with van der Waals surface area (Å²) in [7, 11) is 0. The van der Waals surface area contributed by atoms with Crippen LogP contribution in [0.1, 0.15) is 44.6 Å². The van der Waals surface area contributed by atoms with E-state index in [2.05, 4.69) is 17.6 Å². The van der Waals surface area contributed by atoms with Gasteiger partial charge in [-0.05, 0) is 37.1 Å². The molecule has 0 unspecified atom stereocenters. The van der Waals surface area contributed by atoms with E-state index in [0.29, 0.717) is 6.54 Å². The van der Waals surface area contributed by atoms with Crippen molar-refractivity contribution < 1.29 is 4.79 Å². The van der Waals surface area contributed by atoms with Crippen LogP contribution < -0.4 is 10.6 Å². The number of carbonyl (C=O) groups excluding carboxylic acids is 1. The smallest absolute Gasteiger partial charge is 0.230 e. The fourth-order valence-corrected chi connectivity index (χ4v) is 3.31. The fourth-order valence-electron chi connectivity index (χ4n) is 3.18. The van der Waals surface area contributed by atoms with E-state index in [1.807, 2.05) is 24.3 Å². The third kappa shape index (κ3) is 3.98. The lowest BCUT2D eigenvalue weighted by Gasteiger charge is -2.36. The molecule has 1 aliphatic rings. The van der Waals surface area contributed by atoms with Crippen molar-refractivity contribution in [2.24, 2.45) is 0 Å². The first-order valence-corrected chi connectivity index (χ1v) is 8.32. The van der Waals surface area contributed by atoms with Gasteiger partial charge in [0.1, 0.15) is 0 Å². The first-order valence-electron chi connectivity index (χ1n) is 7.94. The van der Waals surface area contributed by atoms with E-state index in [0.717, 1.165) is 49.4 Å². The normalized spacial score (nSPS) is 17.4. The maximum Gasteiger partial charge on any atom is 0.230 e. The number of amides is 1. The zero-order valence-electron chi connectivity index (χ0n) is 12.8. The lowest BCUT2D eigenvalue weighted by Crippen LogP contribution is -2.47. The number of hydrogen-bond acceptors (Lipinski definition) is 2. The largest absolute Gasteiger partial charge is 0.354 e. The molecule has 1 saturated carbocycles. The van der Waals surface area contributed by atoms with Gasteiger partial charge in [0.05, 0.1) is 5.41 Å². The highest BCUT2D eigenvalue weighted by Crippen LogP contribution is 2.40. The number of nitrogens with one attached hydrogen (secondary N) is 2. The lowest BCUT2D eigenvalue weighted by molar-refractivity contribution is -0.128. The van der Waals surface area contributed by atoms with Gasteiger partial charge in [-0.2, -0.15) is 0 Å². The Labute approximate surface area is 132 Å². The fraction of sp³-hybridized carbons (Fsp3) is 0.588. The molecule has 2 rings (SSSR count). The Kier molecular flexibility index (Phi) is 6.07. The number of benzene rings is 1. The van der Waals surface area contributed by atoms with Crippen molar-refractivity contribution in [3.05, 3.63) is 34.9 Å². The molecule has 1 aliphatic carbocycles. The molecule has 0 aliphatic heterocycles. The summed E-state index contributed by atoms with van der Waals surface area (Å²) < 4.78 is 0. The van der Waals surface area contributed by atoms with Crippen LogP contribution in [0.5, 0.6) is 0 Å². The van der Waals surface area contributed by atoms with Gasteiger partial charge in [0.15, 0.2) is 0 Å². The van der Waals surface area contributed by atoms with Crippen LogP contribution >= 0.6 is 11.6 Å². The van der Waals surface area contributed by atoms with Crippen LogP contribution in [0.15, 0.2) is 24.3 Å². The average Bonchev–Trinajstić information content (AvgIpc) is 2.52. The monoisotopic (exact) mass is 308 g/mol. The summed E-state index contributed by atoms with van der Waals surface area (Å²) in [5, 5.41) is 7.06. The van der Waals surface area contributed by atoms with Crippen molar-refractivity contribution in [2.75, 3.05) is 19.6 Å². The summed E-state index contributed by atoms with van der Waals surface area (Å²) in [5.41, 5.74) is 0.738. The summed E-state index contributed by atoms with van der Waals surface area (Å²) in [6.45, 7) is 4.50. The zero-order valence-corrected chi connectivity index (χ0v) is 13.5. The van der Waals surface area contributed by atoms with E-state index >= 15 is 0 Å². The minimum atomic E-state index is -0.366. The summed E-state index contributed by atoms with van der Waals surface area (Å²) in [6, 6.07) is 7.80. The summed E-state index contributed by atoms with van der Waals surface area (Å²) in [6.07, 6.45) is 5.32. The molecule has 1 aromatic carbocycles. The first kappa shape index (κ1) is 16.3. The third-order valence-electron chi connectivity index (χ3n) is 4.38. The van der Waals surface area contributed by atoms with Crippen LogP contribution in [0.4, 0.5) is 0 Å². The van der Waals surface area contributed by atoms with Crippen LogP contribution in [-0.4, -0.2) is 25.5 Å². The molecule has 3 nitrogen and oxygen atoms in total. The Morgan fingerprint density at radius 3 is 2.43 bits per heavy atom. The molecule has 0 radical (unpaired) electrons. The molecule has 21 heavy (non-hydrogen) atoms. The summed E-state index contributed by atoms with van der Waals surface area (Å²) in [4.78, 5) is 12.8. The highest BCUT2D eigenvalue weighted by Gasteiger charge is 2.40. The predicted octanol–water partition coefficient (Wildman–Crippen LogP) is 3.27. The molecular formula is C17H25ClN2O. The maximum absolute atomic E-state index is 12.8. The number of likely N-dealkylation sites (N-methyl/N-ethyl adjacent to an activating group) is 1. The van der Waals surface area contributed by atoms with Gasteiger partial charge in [-0.15, -0.1) is 0 Å². The number of carbonyl (C=O) groups is 1. The lowest BCUT2D eigenvalue weighted by atomic mass is 9.68. The van der Waals surface area contributed by atoms with Gasteiger partial charge in [0.2, 0.25) is 5.91 Å². The quantitative estimate of drug-likeness (QED) is 0.792. The van der Waals surface area contributed by atoms with E-state index in [1.54, 1.807) is 0 Å². The average molecular weight is 309 g/mol. The van der Waals surface area contributed by atoms with E-state index < -0.39 is 0 Å². The van der Waals surface area contributed by atoms with E-state index in [9.17, 15) is 4.79 Å². The Morgan fingerprint density at radius 2 is 1.81 bits per heavy atom. The van der Waals surface area contributed by atoms with Crippen LogP contribution in [0.25, 0.3) is 0 Å². The number of halogens is 1. The molecule has 0 saturated heterocycles. The van der Waals surface area contributed by atoms with Gasteiger partial charge < -0.3 is 10.6 Å². The molecule has 0 bridgehead atoms. The third-order valence-corrected chi connectivity index (χ3v) is 4.63. The van der Waals surface area contributed by atoms with E-state index in [-0.39, 0.29) is 11.3 Å². The molecule has 0 spiro atoms. The summed E-state index contributed by atoms with van der Waals surface area (Å²) >= 11 is 5.99. The first-order chi connectivity index (χ1) is 10.2. The van der Waals surface area contributed by atoms with Crippen molar-refractivity contribution in [3.8, 4) is 0 Å². The molecule has 116 valence electrons. The minimum Gasteiger partial charge on any atom is -0.354 e. The Morgan fingerprint density at radius 1 is 1.14 bits per heavy atom. The molecule has 1 fully saturated rings. The van der Waals surface area contributed by atoms with Gasteiger partial charge >= 0.3 is 0 Å². The van der Waals surface area contributed by atoms with Crippen molar-refractivity contribution in [3.63, 3.8) is 0 Å². The highest BCUT2D eigenvalue weighted by molar-refractivity contribution is 6.30. The molecule has 1 amide bonds. The second-order valence-electron chi connectivity index (χ2n) is 5.76. The highest BCUT2D eigenvalue weighted by atomic mass is 35.5. The molecule has 1 aromatic rings. The van der Waals surface area contributed by atoms with Gasteiger partial charge in [-0.1, -0.05) is 49.9 Å². The molecule has 0 atom stereocenters. The van der Waals surface area contributed by atoms with Crippen molar-refractivity contribution >= 4 is 17.5 Å². The Hall–Kier alpha value is -1.06. The second kappa shape index (κ2) is 7.81. The molecule has 0 aromatic heterocycles. The Balaban J connectivity index is 2.12. The standard InChI is InChI=1S/C17H25ClN2O/c1-2-19-12-13-20-16(21)17(10-4-3-5-11-17)14-6-8-15(18)9-7-14/h6-9,19H,2-5,10-13H2,1H3,(H,20,21). The zero-order chi connectivity index (χ0) is 15.1. The minimum absolute atomic E-state index is 0.169. The number of hydrogen-bond donors (Lipinski definition) is 2. The van der Waals surface area contributed by atoms with Crippen molar-refractivity contribution in [1.29, 1.82) is 0 Å². The topological polar surface area (TPSA) is 41.1 Å². The van der Waals surface area contributed by atoms with Gasteiger partial charge in [0.25, 0.3) is 0 Å². The van der Waals surface area contributed by atoms with Crippen molar-refractivity contribution in [2.45, 2.75) is 44.4 Å². The molecule has 2 N–H and O–H groups in total. The van der Waals surface area contributed by atoms with E-state index in [1.165, 1.54) is 6.42 Å². The van der Waals surface area contributed by atoms with Crippen LogP contribution in [0, 0.1) is 0 Å². The van der Waals surface area contributed by atoms with Crippen LogP contribution in [-0.2, 0) is 10.2 Å². The van der Waals surface area contributed by atoms with Crippen molar-refractivity contribution in [1.82, 2.24) is 10.6 Å². The summed E-state index contributed by atoms with van der Waals surface area (Å²) in [5.74, 6) is 0.169. The second-order valence-corrected chi connectivity index (χ2v) is 6.20. The van der Waals surface area contributed by atoms with E-state index in [4.69, 9.17) is 11.6 Å². The SMILES string of the molecule is CCNCCNC(=O)C1(c2ccc(Cl)cc2)CCCCC1. The van der Waals surface area contributed by atoms with Crippen LogP contribution in [0.2, 0.25) is 5.02 Å². The molecular weight excluding hydrogens is 284 g/mol. The molecule has 4 heteroatoms. The number of rotatable bonds is 6. The van der Waals surface area contributed by atoms with Gasteiger partial charge in [-0.3, -0.25) is 4.79 Å². The molecule has 0 heterocycles.